The van der Waals surface area contributed by atoms with E-state index in [0.29, 0.717) is 5.71 Å². The van der Waals surface area contributed by atoms with Gasteiger partial charge in [0, 0.05) is 46.0 Å². The summed E-state index contributed by atoms with van der Waals surface area (Å²) in [5.74, 6) is 0. The summed E-state index contributed by atoms with van der Waals surface area (Å²) < 4.78 is 2.46. The normalized spacial score (nSPS) is 12.5. The third-order valence-electron chi connectivity index (χ3n) is 5.89. The lowest BCUT2D eigenvalue weighted by atomic mass is 10.0. The molecule has 0 aliphatic rings. The molecule has 0 spiro atoms. The molecule has 0 bridgehead atoms. The van der Waals surface area contributed by atoms with Crippen LogP contribution in [0.15, 0.2) is 78.5 Å². The quantitative estimate of drug-likeness (QED) is 0.346. The molecule has 0 fully saturated rings. The molecule has 0 saturated carbocycles. The third kappa shape index (κ3) is 3.88. The van der Waals surface area contributed by atoms with Crippen LogP contribution in [0, 0.1) is 5.41 Å². The predicted molar refractivity (Wildman–Crippen MR) is 135 cm³/mol. The predicted octanol–water partition coefficient (Wildman–Crippen LogP) is 7.60. The van der Waals surface area contributed by atoms with Gasteiger partial charge in [0.25, 0.3) is 0 Å². The van der Waals surface area contributed by atoms with Crippen molar-refractivity contribution in [1.82, 2.24) is 4.57 Å². The minimum atomic E-state index is -0.0105. The summed E-state index contributed by atoms with van der Waals surface area (Å²) in [6.07, 6.45) is 1.88. The lowest BCUT2D eigenvalue weighted by molar-refractivity contribution is 0.423. The second-order valence-electron chi connectivity index (χ2n) is 9.33. The van der Waals surface area contributed by atoms with Crippen molar-refractivity contribution in [2.24, 2.45) is 0 Å². The van der Waals surface area contributed by atoms with E-state index in [1.807, 2.05) is 20.0 Å². The topological polar surface area (TPSA) is 32.0 Å². The second-order valence-corrected chi connectivity index (χ2v) is 9.33. The number of anilines is 1. The first kappa shape index (κ1) is 20.9. The number of hydrogen-bond donors (Lipinski definition) is 1. The van der Waals surface area contributed by atoms with Gasteiger partial charge in [0.1, 0.15) is 0 Å². The van der Waals surface area contributed by atoms with Crippen LogP contribution in [0.2, 0.25) is 0 Å². The summed E-state index contributed by atoms with van der Waals surface area (Å²) in [7, 11) is 2.04. The van der Waals surface area contributed by atoms with Gasteiger partial charge in [-0.1, -0.05) is 42.5 Å². The fraction of sp³-hybridized carbons (Fsp3) is 0.250. The van der Waals surface area contributed by atoms with Gasteiger partial charge in [0.05, 0.1) is 5.52 Å². The molecule has 0 amide bonds. The van der Waals surface area contributed by atoms with Gasteiger partial charge in [-0.3, -0.25) is 0 Å². The number of benzene rings is 3. The van der Waals surface area contributed by atoms with E-state index in [9.17, 15) is 0 Å². The molecule has 0 unspecified atom stereocenters. The summed E-state index contributed by atoms with van der Waals surface area (Å²) in [6, 6.07) is 24.1. The Balaban J connectivity index is 1.79. The number of hydrogen-bond acceptors (Lipinski definition) is 2. The molecule has 4 aromatic rings. The lowest BCUT2D eigenvalue weighted by Crippen LogP contribution is -2.21. The molecule has 0 aliphatic carbocycles. The molecule has 3 nitrogen and oxygen atoms in total. The molecule has 1 heterocycles. The Morgan fingerprint density at radius 2 is 1.45 bits per heavy atom. The van der Waals surface area contributed by atoms with E-state index in [0.717, 1.165) is 11.4 Å². The van der Waals surface area contributed by atoms with E-state index in [-0.39, 0.29) is 5.54 Å². The van der Waals surface area contributed by atoms with Gasteiger partial charge in [-0.2, -0.15) is 0 Å². The molecule has 4 rings (SSSR count). The standard InChI is InChI=1S/C28H31N3/c1-19(29)17-20(2)30(6)23-14-11-21(12-15-23)22-13-16-25-24-9-7-8-10-26(24)31(27(25)18-22)28(3,4)5/h7-18,29H,1-6H3/b20-17-,29-19?. The van der Waals surface area contributed by atoms with Crippen molar-refractivity contribution >= 4 is 33.2 Å². The van der Waals surface area contributed by atoms with E-state index >= 15 is 0 Å². The molecule has 158 valence electrons. The Hall–Kier alpha value is -3.33. The Kier molecular flexibility index (Phi) is 5.22. The average Bonchev–Trinajstić information content (AvgIpc) is 3.06. The zero-order valence-corrected chi connectivity index (χ0v) is 19.3. The SMILES string of the molecule is CC(=N)/C=C(/C)N(C)c1ccc(-c2ccc3c4ccccc4n(C(C)(C)C)c3c2)cc1. The highest BCUT2D eigenvalue weighted by Crippen LogP contribution is 2.36. The molecule has 0 atom stereocenters. The van der Waals surface area contributed by atoms with E-state index < -0.39 is 0 Å². The number of nitrogens with zero attached hydrogens (tertiary/aromatic N) is 2. The first-order valence-electron chi connectivity index (χ1n) is 10.8. The van der Waals surface area contributed by atoms with Gasteiger partial charge in [-0.25, -0.2) is 0 Å². The number of para-hydroxylation sites is 1. The van der Waals surface area contributed by atoms with Crippen molar-refractivity contribution in [2.45, 2.75) is 40.2 Å². The highest BCUT2D eigenvalue weighted by atomic mass is 15.1. The molecule has 0 aliphatic heterocycles. The number of allylic oxidation sites excluding steroid dienone is 2. The molecule has 0 saturated heterocycles. The first-order chi connectivity index (χ1) is 14.7. The maximum absolute atomic E-state index is 7.69. The van der Waals surface area contributed by atoms with Crippen LogP contribution in [0.5, 0.6) is 0 Å². The van der Waals surface area contributed by atoms with E-state index in [1.54, 1.807) is 6.92 Å². The minimum absolute atomic E-state index is 0.0105. The van der Waals surface area contributed by atoms with Crippen molar-refractivity contribution in [3.63, 3.8) is 0 Å². The van der Waals surface area contributed by atoms with Crippen LogP contribution >= 0.6 is 0 Å². The average molecular weight is 410 g/mol. The Bertz CT molecular complexity index is 1300. The second kappa shape index (κ2) is 7.73. The van der Waals surface area contributed by atoms with Gasteiger partial charge < -0.3 is 14.9 Å². The number of aromatic nitrogens is 1. The van der Waals surface area contributed by atoms with Crippen molar-refractivity contribution in [1.29, 1.82) is 5.41 Å². The largest absolute Gasteiger partial charge is 0.348 e. The Morgan fingerprint density at radius 3 is 2.10 bits per heavy atom. The Labute approximate surface area is 185 Å². The molecular formula is C28H31N3. The number of rotatable bonds is 4. The molecule has 3 heteroatoms. The highest BCUT2D eigenvalue weighted by Gasteiger charge is 2.20. The maximum atomic E-state index is 7.69. The van der Waals surface area contributed by atoms with Gasteiger partial charge in [-0.15, -0.1) is 0 Å². The van der Waals surface area contributed by atoms with E-state index in [1.165, 1.54) is 32.9 Å². The first-order valence-corrected chi connectivity index (χ1v) is 10.8. The fourth-order valence-corrected chi connectivity index (χ4v) is 4.36. The molecular weight excluding hydrogens is 378 g/mol. The zero-order chi connectivity index (χ0) is 22.3. The van der Waals surface area contributed by atoms with E-state index in [4.69, 9.17) is 5.41 Å². The smallest absolute Gasteiger partial charge is 0.0502 e. The maximum Gasteiger partial charge on any atom is 0.0502 e. The van der Waals surface area contributed by atoms with Gasteiger partial charge >= 0.3 is 0 Å². The van der Waals surface area contributed by atoms with Crippen LogP contribution in [0.25, 0.3) is 32.9 Å². The van der Waals surface area contributed by atoms with Crippen LogP contribution in [0.1, 0.15) is 34.6 Å². The minimum Gasteiger partial charge on any atom is -0.348 e. The molecule has 31 heavy (non-hydrogen) atoms. The van der Waals surface area contributed by atoms with Gasteiger partial charge in [0.2, 0.25) is 0 Å². The zero-order valence-electron chi connectivity index (χ0n) is 19.3. The van der Waals surface area contributed by atoms with Crippen LogP contribution in [-0.2, 0) is 5.54 Å². The molecule has 0 radical (unpaired) electrons. The van der Waals surface area contributed by atoms with Crippen molar-refractivity contribution in [2.75, 3.05) is 11.9 Å². The summed E-state index contributed by atoms with van der Waals surface area (Å²) in [6.45, 7) is 10.6. The highest BCUT2D eigenvalue weighted by molar-refractivity contribution is 6.09. The summed E-state index contributed by atoms with van der Waals surface area (Å²) in [5, 5.41) is 10.3. The van der Waals surface area contributed by atoms with Crippen molar-refractivity contribution in [3.05, 3.63) is 78.5 Å². The van der Waals surface area contributed by atoms with E-state index in [2.05, 4.69) is 97.0 Å². The molecule has 3 aromatic carbocycles. The lowest BCUT2D eigenvalue weighted by Gasteiger charge is -2.24. The number of nitrogens with one attached hydrogen (secondary N) is 1. The molecule has 1 aromatic heterocycles. The summed E-state index contributed by atoms with van der Waals surface area (Å²) >= 11 is 0. The molecule has 1 N–H and O–H groups in total. The fourth-order valence-electron chi connectivity index (χ4n) is 4.36. The van der Waals surface area contributed by atoms with Crippen molar-refractivity contribution in [3.8, 4) is 11.1 Å². The van der Waals surface area contributed by atoms with Gasteiger partial charge in [0.15, 0.2) is 0 Å². The monoisotopic (exact) mass is 409 g/mol. The van der Waals surface area contributed by atoms with Crippen molar-refractivity contribution < 1.29 is 0 Å². The number of fused-ring (bicyclic) bond motifs is 3. The Morgan fingerprint density at radius 1 is 0.839 bits per heavy atom. The summed E-state index contributed by atoms with van der Waals surface area (Å²) in [5.41, 5.74) is 7.69. The van der Waals surface area contributed by atoms with Crippen LogP contribution in [-0.4, -0.2) is 17.3 Å². The van der Waals surface area contributed by atoms with Crippen LogP contribution < -0.4 is 4.90 Å². The van der Waals surface area contributed by atoms with Crippen LogP contribution in [0.4, 0.5) is 5.69 Å². The summed E-state index contributed by atoms with van der Waals surface area (Å²) in [4.78, 5) is 2.11. The van der Waals surface area contributed by atoms with Crippen LogP contribution in [0.3, 0.4) is 0 Å². The van der Waals surface area contributed by atoms with Gasteiger partial charge in [-0.05, 0) is 76.1 Å². The third-order valence-corrected chi connectivity index (χ3v) is 5.89.